The van der Waals surface area contributed by atoms with Crippen LogP contribution in [-0.2, 0) is 12.6 Å². The maximum Gasteiger partial charge on any atom is 1.00 e. The minimum atomic E-state index is 0. The van der Waals surface area contributed by atoms with Gasteiger partial charge in [-0.3, -0.25) is 0 Å². The summed E-state index contributed by atoms with van der Waals surface area (Å²) in [6.07, 6.45) is 1.58. The molecule has 2 heteroatoms. The third kappa shape index (κ3) is 7.97. The zero-order valence-electron chi connectivity index (χ0n) is 7.72. The van der Waals surface area contributed by atoms with E-state index in [0.29, 0.717) is 0 Å². The van der Waals surface area contributed by atoms with Crippen LogP contribution in [0, 0.1) is 13.8 Å². The molecule has 0 aliphatic rings. The van der Waals surface area contributed by atoms with Crippen LogP contribution in [0.4, 0.5) is 0 Å². The van der Waals surface area contributed by atoms with Gasteiger partial charge in [-0.25, -0.2) is 0 Å². The molecule has 0 fully saturated rings. The van der Waals surface area contributed by atoms with Crippen LogP contribution in [0.15, 0.2) is 24.3 Å². The third-order valence-electron chi connectivity index (χ3n) is 1.22. The van der Waals surface area contributed by atoms with Crippen molar-refractivity contribution in [3.8, 4) is 0 Å². The molecule has 0 radical (unpaired) electrons. The number of hydrogen-bond acceptors (Lipinski definition) is 1. The largest absolute Gasteiger partial charge is 1.00 e. The molecule has 0 spiro atoms. The molecule has 0 bridgehead atoms. The summed E-state index contributed by atoms with van der Waals surface area (Å²) in [4.78, 5) is 0. The molecule has 0 aliphatic carbocycles. The Morgan fingerprint density at radius 3 is 1.18 bits per heavy atom. The molecule has 0 aliphatic heterocycles. The summed E-state index contributed by atoms with van der Waals surface area (Å²) in [5.41, 5.74) is 2.66. The summed E-state index contributed by atoms with van der Waals surface area (Å²) in [5, 5.41) is 0. The first-order valence-electron chi connectivity index (χ1n) is 3.23. The van der Waals surface area contributed by atoms with Crippen molar-refractivity contribution in [2.24, 2.45) is 0 Å². The molecule has 1 rings (SSSR count). The Labute approximate surface area is 134 Å². The van der Waals surface area contributed by atoms with Crippen LogP contribution in [-0.4, -0.2) is 6.26 Å². The molecule has 0 unspecified atom stereocenters. The maximum atomic E-state index is 4.08. The molecule has 0 aromatic heterocycles. The van der Waals surface area contributed by atoms with E-state index in [1.54, 1.807) is 6.26 Å². The molecule has 0 N–H and O–H groups in total. The Morgan fingerprint density at radius 1 is 0.818 bits per heavy atom. The predicted molar refractivity (Wildman–Crippen MR) is 49.2 cm³/mol. The fourth-order valence-electron chi connectivity index (χ4n) is 0.637. The Bertz CT molecular complexity index is 148. The molecule has 0 saturated heterocycles. The zero-order valence-corrected chi connectivity index (χ0v) is 14.8. The minimum absolute atomic E-state index is 0. The molecular weight excluding hydrogens is 273 g/mol. The molecule has 11 heavy (non-hydrogen) atoms. The van der Waals surface area contributed by atoms with Crippen molar-refractivity contribution in [1.29, 1.82) is 0 Å². The average Bonchev–Trinajstić information content (AvgIpc) is 2.00. The van der Waals surface area contributed by atoms with E-state index in [0.717, 1.165) is 0 Å². The van der Waals surface area contributed by atoms with Crippen molar-refractivity contribution < 1.29 is 68.9 Å². The van der Waals surface area contributed by atoms with Crippen LogP contribution in [0.3, 0.4) is 0 Å². The topological polar surface area (TPSA) is 0 Å². The number of hydrogen-bond donors (Lipinski definition) is 0. The quantitative estimate of drug-likeness (QED) is 0.578. The summed E-state index contributed by atoms with van der Waals surface area (Å²) < 4.78 is 0. The van der Waals surface area contributed by atoms with Crippen LogP contribution in [0.25, 0.3) is 0 Å². The van der Waals surface area contributed by atoms with Crippen LogP contribution >= 0.6 is 0 Å². The van der Waals surface area contributed by atoms with Crippen molar-refractivity contribution in [1.82, 2.24) is 0 Å². The minimum Gasteiger partial charge on any atom is -0.796 e. The van der Waals surface area contributed by atoms with Crippen molar-refractivity contribution in [3.63, 3.8) is 0 Å². The average molecular weight is 286 g/mol. The Kier molecular flexibility index (Phi) is 13.3. The zero-order chi connectivity index (χ0) is 7.98. The van der Waals surface area contributed by atoms with Crippen LogP contribution in [0.5, 0.6) is 0 Å². The number of rotatable bonds is 0. The van der Waals surface area contributed by atoms with Gasteiger partial charge in [0.05, 0.1) is 0 Å². The summed E-state index contributed by atoms with van der Waals surface area (Å²) in [5.74, 6) is 0. The van der Waals surface area contributed by atoms with Gasteiger partial charge in [0, 0.05) is 0 Å². The second-order valence-electron chi connectivity index (χ2n) is 2.15. The normalized spacial score (nSPS) is 7.27. The first-order valence-corrected chi connectivity index (χ1v) is 4.05. The molecule has 0 saturated carbocycles. The van der Waals surface area contributed by atoms with Gasteiger partial charge in [-0.05, 0) is 13.8 Å². The van der Waals surface area contributed by atoms with Gasteiger partial charge in [0.25, 0.3) is 0 Å². The molecule has 0 atom stereocenters. The maximum absolute atomic E-state index is 4.08. The fraction of sp³-hybridized carbons (Fsp3) is 0.333. The van der Waals surface area contributed by atoms with E-state index in [1.165, 1.54) is 11.1 Å². The molecule has 56 valence electrons. The van der Waals surface area contributed by atoms with E-state index >= 15 is 0 Å². The number of aryl methyl sites for hydroxylation is 2. The SMILES string of the molecule is C[S-].Cc1ccc(C)cc1.[Cs+]. The summed E-state index contributed by atoms with van der Waals surface area (Å²) in [7, 11) is 0. The smallest absolute Gasteiger partial charge is 0.796 e. The predicted octanol–water partition coefficient (Wildman–Crippen LogP) is -0.529. The Morgan fingerprint density at radius 2 is 1.00 bits per heavy atom. The van der Waals surface area contributed by atoms with Gasteiger partial charge in [0.15, 0.2) is 0 Å². The summed E-state index contributed by atoms with van der Waals surface area (Å²) >= 11 is 4.08. The van der Waals surface area contributed by atoms with E-state index in [-0.39, 0.29) is 68.9 Å². The van der Waals surface area contributed by atoms with E-state index in [2.05, 4.69) is 50.7 Å². The summed E-state index contributed by atoms with van der Waals surface area (Å²) in [6, 6.07) is 8.48. The van der Waals surface area contributed by atoms with E-state index < -0.39 is 0 Å². The second kappa shape index (κ2) is 9.71. The van der Waals surface area contributed by atoms with Crippen LogP contribution in [0.2, 0.25) is 0 Å². The van der Waals surface area contributed by atoms with Gasteiger partial charge in [-0.1, -0.05) is 35.4 Å². The van der Waals surface area contributed by atoms with Crippen molar-refractivity contribution in [3.05, 3.63) is 35.4 Å². The Hall–Kier alpha value is 1.62. The molecular formula is C9H13CsS. The van der Waals surface area contributed by atoms with E-state index in [9.17, 15) is 0 Å². The first kappa shape index (κ1) is 15.1. The third-order valence-corrected chi connectivity index (χ3v) is 1.22. The molecule has 0 heterocycles. The molecule has 0 nitrogen and oxygen atoms in total. The Balaban J connectivity index is 0. The van der Waals surface area contributed by atoms with Gasteiger partial charge in [0.2, 0.25) is 0 Å². The van der Waals surface area contributed by atoms with E-state index in [4.69, 9.17) is 0 Å². The number of benzene rings is 1. The molecule has 1 aromatic carbocycles. The van der Waals surface area contributed by atoms with Gasteiger partial charge >= 0.3 is 68.9 Å². The van der Waals surface area contributed by atoms with Crippen LogP contribution in [0.1, 0.15) is 11.1 Å². The molecule has 0 amide bonds. The monoisotopic (exact) mass is 286 g/mol. The first-order chi connectivity index (χ1) is 4.79. The fourth-order valence-corrected chi connectivity index (χ4v) is 0.637. The van der Waals surface area contributed by atoms with Crippen molar-refractivity contribution >= 4 is 12.6 Å². The van der Waals surface area contributed by atoms with Crippen LogP contribution < -0.4 is 68.9 Å². The van der Waals surface area contributed by atoms with Gasteiger partial charge in [-0.2, -0.15) is 6.26 Å². The van der Waals surface area contributed by atoms with E-state index in [1.807, 2.05) is 0 Å². The summed E-state index contributed by atoms with van der Waals surface area (Å²) in [6.45, 7) is 4.19. The van der Waals surface area contributed by atoms with Gasteiger partial charge in [-0.15, -0.1) is 0 Å². The van der Waals surface area contributed by atoms with Crippen molar-refractivity contribution in [2.75, 3.05) is 6.26 Å². The van der Waals surface area contributed by atoms with Gasteiger partial charge in [0.1, 0.15) is 0 Å². The van der Waals surface area contributed by atoms with Gasteiger partial charge < -0.3 is 12.6 Å². The second-order valence-corrected chi connectivity index (χ2v) is 2.15. The van der Waals surface area contributed by atoms with Crippen molar-refractivity contribution in [2.45, 2.75) is 13.8 Å². The standard InChI is InChI=1S/C8H10.CH4S.Cs/c1-7-3-5-8(2)6-4-7;1-2;/h3-6H,1-2H3;2H,1H3;/q;;+1/p-1. The molecule has 1 aromatic rings.